The summed E-state index contributed by atoms with van der Waals surface area (Å²) in [7, 11) is 3.08. The number of carbonyl (C=O) groups excluding carboxylic acids is 2. The summed E-state index contributed by atoms with van der Waals surface area (Å²) < 4.78 is 23.1. The van der Waals surface area contributed by atoms with Crippen molar-refractivity contribution in [3.63, 3.8) is 0 Å². The van der Waals surface area contributed by atoms with Crippen LogP contribution in [-0.2, 0) is 29.0 Å². The third-order valence-electron chi connectivity index (χ3n) is 9.42. The van der Waals surface area contributed by atoms with Crippen LogP contribution in [0.25, 0.3) is 0 Å². The zero-order valence-corrected chi connectivity index (χ0v) is 29.9. The lowest BCUT2D eigenvalue weighted by atomic mass is 9.86. The van der Waals surface area contributed by atoms with Gasteiger partial charge in [0.25, 0.3) is 0 Å². The van der Waals surface area contributed by atoms with Crippen molar-refractivity contribution in [1.82, 2.24) is 4.90 Å². The number of benzene rings is 3. The number of hydrogen-bond acceptors (Lipinski definition) is 9. The summed E-state index contributed by atoms with van der Waals surface area (Å²) in [6.45, 7) is 2.86. The standard InChI is InChI=1S/C38H39Cl2N3O7.H2O/c1-47-33-11-10-28(17-35(33)48-2)34(18-30-31(39)19-41-20-32(30)40)49-37(45)27-8-6-24(7-9-27)21-43(29-5-3-4-25(16-29)23-44)38(46)50-36-22-42-14-12-26(36)13-15-42;/h3-11,16-17,19-20,26,34,36,44H,12-15,18,21-23H2,1-2H3;1H2/t34-,36-;/m0./s1. The number of aliphatic hydroxyl groups excluding tert-OH is 1. The Morgan fingerprint density at radius 3 is 2.27 bits per heavy atom. The lowest BCUT2D eigenvalue weighted by Gasteiger charge is -2.44. The number of pyridine rings is 1. The molecule has 2 bridgehead atoms. The number of aliphatic hydroxyl groups is 1. The largest absolute Gasteiger partial charge is 0.870 e. The van der Waals surface area contributed by atoms with Gasteiger partial charge in [0.15, 0.2) is 23.9 Å². The number of amides is 1. The number of halogens is 2. The summed E-state index contributed by atoms with van der Waals surface area (Å²) in [5.41, 5.74) is 3.67. The van der Waals surface area contributed by atoms with E-state index in [1.807, 2.05) is 6.07 Å². The Morgan fingerprint density at radius 2 is 1.65 bits per heavy atom. The molecule has 13 heteroatoms. The number of aromatic amines is 1. The minimum Gasteiger partial charge on any atom is -0.870 e. The minimum atomic E-state index is -0.769. The van der Waals surface area contributed by atoms with Crippen LogP contribution in [0.4, 0.5) is 10.5 Å². The third-order valence-corrected chi connectivity index (χ3v) is 10.1. The normalized spacial score (nSPS) is 18.3. The molecule has 3 aromatic carbocycles. The van der Waals surface area contributed by atoms with E-state index in [1.54, 1.807) is 85.1 Å². The first kappa shape index (κ1) is 37.9. The van der Waals surface area contributed by atoms with Gasteiger partial charge in [-0.05, 0) is 84.9 Å². The molecular weight excluding hydrogens is 697 g/mol. The van der Waals surface area contributed by atoms with Gasteiger partial charge in [-0.15, -0.1) is 0 Å². The topological polar surface area (TPSA) is 142 Å². The average molecular weight is 739 g/mol. The molecular formula is C38H41Cl2N3O8. The van der Waals surface area contributed by atoms with Gasteiger partial charge < -0.3 is 29.5 Å². The van der Waals surface area contributed by atoms with Crippen molar-refractivity contribution in [3.8, 4) is 11.5 Å². The van der Waals surface area contributed by atoms with Gasteiger partial charge in [-0.25, -0.2) is 14.6 Å². The molecule has 4 aromatic rings. The fourth-order valence-corrected chi connectivity index (χ4v) is 7.12. The summed E-state index contributed by atoms with van der Waals surface area (Å²) in [5, 5.41) is 10.6. The molecule has 11 nitrogen and oxygen atoms in total. The average Bonchev–Trinajstić information content (AvgIpc) is 3.15. The highest BCUT2D eigenvalue weighted by atomic mass is 35.5. The molecule has 3 fully saturated rings. The Kier molecular flexibility index (Phi) is 12.8. The van der Waals surface area contributed by atoms with Crippen molar-refractivity contribution < 1.29 is 44.1 Å². The van der Waals surface area contributed by atoms with Gasteiger partial charge in [-0.2, -0.15) is 0 Å². The van der Waals surface area contributed by atoms with Gasteiger partial charge in [-0.3, -0.25) is 9.80 Å². The summed E-state index contributed by atoms with van der Waals surface area (Å²) in [5.74, 6) is 0.817. The summed E-state index contributed by atoms with van der Waals surface area (Å²) in [6.07, 6.45) is 4.10. The maximum atomic E-state index is 13.7. The number of carbonyl (C=O) groups is 2. The second-order valence-corrected chi connectivity index (χ2v) is 13.3. The van der Waals surface area contributed by atoms with E-state index < -0.39 is 18.2 Å². The molecule has 0 saturated carbocycles. The van der Waals surface area contributed by atoms with E-state index in [1.165, 1.54) is 7.11 Å². The molecule has 3 aliphatic heterocycles. The lowest BCUT2D eigenvalue weighted by molar-refractivity contribution is -0.377. The number of anilines is 1. The highest BCUT2D eigenvalue weighted by molar-refractivity contribution is 6.35. The Morgan fingerprint density at radius 1 is 0.941 bits per heavy atom. The van der Waals surface area contributed by atoms with Crippen LogP contribution in [0.5, 0.6) is 11.5 Å². The molecule has 0 unspecified atom stereocenters. The van der Waals surface area contributed by atoms with Gasteiger partial charge in [0.1, 0.15) is 22.3 Å². The molecule has 2 atom stereocenters. The van der Waals surface area contributed by atoms with E-state index in [0.717, 1.165) is 38.0 Å². The molecule has 1 amide bonds. The number of esters is 1. The Labute approximate surface area is 306 Å². The maximum Gasteiger partial charge on any atom is 0.414 e. The minimum absolute atomic E-state index is 0. The molecule has 0 radical (unpaired) electrons. The van der Waals surface area contributed by atoms with Crippen molar-refractivity contribution in [2.24, 2.45) is 5.92 Å². The number of piperidine rings is 3. The number of nitrogens with one attached hydrogen (secondary N) is 1. The number of nitrogens with zero attached hydrogens (tertiary/aromatic N) is 2. The van der Waals surface area contributed by atoms with E-state index in [-0.39, 0.29) is 31.2 Å². The zero-order valence-electron chi connectivity index (χ0n) is 28.4. The monoisotopic (exact) mass is 737 g/mol. The number of methoxy groups -OCH3 is 2. The van der Waals surface area contributed by atoms with Gasteiger partial charge in [0.2, 0.25) is 0 Å². The number of fused-ring (bicyclic) bond motifs is 3. The van der Waals surface area contributed by atoms with Gasteiger partial charge >= 0.3 is 12.1 Å². The summed E-state index contributed by atoms with van der Waals surface area (Å²) in [4.78, 5) is 34.1. The van der Waals surface area contributed by atoms with Crippen LogP contribution in [0, 0.1) is 5.92 Å². The van der Waals surface area contributed by atoms with E-state index in [4.69, 9.17) is 42.1 Å². The fourth-order valence-electron chi connectivity index (χ4n) is 6.58. The molecule has 7 rings (SSSR count). The first-order chi connectivity index (χ1) is 24.3. The van der Waals surface area contributed by atoms with E-state index in [0.29, 0.717) is 55.4 Å². The van der Waals surface area contributed by atoms with Crippen LogP contribution >= 0.6 is 23.2 Å². The van der Waals surface area contributed by atoms with Gasteiger partial charge in [-0.1, -0.05) is 53.5 Å². The molecule has 3 saturated heterocycles. The maximum absolute atomic E-state index is 13.7. The van der Waals surface area contributed by atoms with Gasteiger partial charge in [0.05, 0.1) is 32.9 Å². The van der Waals surface area contributed by atoms with Crippen molar-refractivity contribution in [2.45, 2.75) is 44.6 Å². The van der Waals surface area contributed by atoms with E-state index >= 15 is 0 Å². The molecule has 0 aliphatic carbocycles. The number of H-pyrrole nitrogens is 1. The molecule has 0 spiro atoms. The first-order valence-corrected chi connectivity index (χ1v) is 17.3. The lowest BCUT2D eigenvalue weighted by Crippen LogP contribution is -2.53. The van der Waals surface area contributed by atoms with Crippen molar-refractivity contribution in [2.75, 3.05) is 38.8 Å². The zero-order chi connectivity index (χ0) is 35.2. The fraction of sp³-hybridized carbons (Fsp3) is 0.342. The first-order valence-electron chi connectivity index (χ1n) is 16.5. The number of ether oxygens (including phenoxy) is 4. The SMILES string of the molecule is COc1ccc([C@H](Cc2c(Cl)c[nH+]cc2Cl)OC(=O)c2ccc(CN(C(=O)O[C@H]3CN4CCC3CC4)c3cccc(CO)c3)cc2)cc1OC.[OH-]. The molecule has 3 aliphatic rings. The van der Waals surface area contributed by atoms with Crippen LogP contribution in [-0.4, -0.2) is 67.5 Å². The number of aromatic nitrogens is 1. The van der Waals surface area contributed by atoms with Crippen LogP contribution in [0.1, 0.15) is 51.6 Å². The van der Waals surface area contributed by atoms with Crippen molar-refractivity contribution >= 4 is 41.0 Å². The predicted octanol–water partition coefficient (Wildman–Crippen LogP) is 6.52. The van der Waals surface area contributed by atoms with Crippen molar-refractivity contribution in [3.05, 3.63) is 117 Å². The van der Waals surface area contributed by atoms with E-state index in [9.17, 15) is 14.7 Å². The molecule has 3 N–H and O–H groups in total. The number of rotatable bonds is 12. The molecule has 51 heavy (non-hydrogen) atoms. The van der Waals surface area contributed by atoms with Crippen LogP contribution in [0.15, 0.2) is 79.1 Å². The molecule has 4 heterocycles. The highest BCUT2D eigenvalue weighted by Gasteiger charge is 2.37. The predicted molar refractivity (Wildman–Crippen MR) is 191 cm³/mol. The smallest absolute Gasteiger partial charge is 0.414 e. The number of hydrogen-bond donors (Lipinski definition) is 1. The van der Waals surface area contributed by atoms with Crippen LogP contribution < -0.4 is 19.4 Å². The molecule has 270 valence electrons. The Balaban J connectivity index is 0.00000504. The molecule has 1 aromatic heterocycles. The second-order valence-electron chi connectivity index (χ2n) is 12.5. The second kappa shape index (κ2) is 17.2. The Bertz CT molecular complexity index is 1800. The van der Waals surface area contributed by atoms with E-state index in [2.05, 4.69) is 9.88 Å². The van der Waals surface area contributed by atoms with Gasteiger partial charge in [0, 0.05) is 24.2 Å². The highest BCUT2D eigenvalue weighted by Crippen LogP contribution is 2.36. The van der Waals surface area contributed by atoms with Crippen LogP contribution in [0.3, 0.4) is 0 Å². The summed E-state index contributed by atoms with van der Waals surface area (Å²) in [6, 6.07) is 19.4. The Hall–Kier alpha value is -4.39. The van der Waals surface area contributed by atoms with Crippen LogP contribution in [0.2, 0.25) is 10.0 Å². The van der Waals surface area contributed by atoms with Crippen molar-refractivity contribution in [1.29, 1.82) is 0 Å². The summed E-state index contributed by atoms with van der Waals surface area (Å²) >= 11 is 13.0. The quantitative estimate of drug-likeness (QED) is 0.161. The third kappa shape index (κ3) is 8.92.